The van der Waals surface area contributed by atoms with E-state index in [1.54, 1.807) is 0 Å². The third-order valence-corrected chi connectivity index (χ3v) is 2.17. The maximum atomic E-state index is 12.0. The van der Waals surface area contributed by atoms with Gasteiger partial charge in [-0.25, -0.2) is 0 Å². The maximum Gasteiger partial charge on any atom is 0.414 e. The molecule has 0 aromatic heterocycles. The van der Waals surface area contributed by atoms with E-state index in [4.69, 9.17) is 4.74 Å². The van der Waals surface area contributed by atoms with Crippen LogP contribution in [0.2, 0.25) is 0 Å². The lowest BCUT2D eigenvalue weighted by molar-refractivity contribution is -0.215. The van der Waals surface area contributed by atoms with Crippen LogP contribution >= 0.6 is 0 Å². The van der Waals surface area contributed by atoms with Gasteiger partial charge in [0.2, 0.25) is 0 Å². The van der Waals surface area contributed by atoms with Crippen LogP contribution in [-0.4, -0.2) is 31.5 Å². The van der Waals surface area contributed by atoms with Crippen molar-refractivity contribution in [1.29, 1.82) is 0 Å². The van der Waals surface area contributed by atoms with Gasteiger partial charge in [0.05, 0.1) is 6.61 Å². The van der Waals surface area contributed by atoms with E-state index in [0.29, 0.717) is 0 Å². The van der Waals surface area contributed by atoms with E-state index < -0.39 is 12.3 Å². The lowest BCUT2D eigenvalue weighted by Crippen LogP contribution is -2.34. The standard InChI is InChI=1S/C8H14F3NO/c1-6(8(9,10)11)13-5-7-3-2-4-12-7/h6-7,12H,2-5H2,1H3/t6?,7-/m0/s1. The van der Waals surface area contributed by atoms with Crippen molar-refractivity contribution in [3.8, 4) is 0 Å². The molecule has 13 heavy (non-hydrogen) atoms. The zero-order valence-electron chi connectivity index (χ0n) is 7.53. The van der Waals surface area contributed by atoms with E-state index in [1.807, 2.05) is 0 Å². The molecule has 0 bridgehead atoms. The largest absolute Gasteiger partial charge is 0.414 e. The van der Waals surface area contributed by atoms with E-state index in [1.165, 1.54) is 0 Å². The van der Waals surface area contributed by atoms with E-state index in [-0.39, 0.29) is 12.6 Å². The fourth-order valence-electron chi connectivity index (χ4n) is 1.25. The third kappa shape index (κ3) is 3.52. The summed E-state index contributed by atoms with van der Waals surface area (Å²) in [7, 11) is 0. The Balaban J connectivity index is 2.17. The molecule has 0 radical (unpaired) electrons. The molecular weight excluding hydrogens is 183 g/mol. The average molecular weight is 197 g/mol. The normalized spacial score (nSPS) is 26.3. The first kappa shape index (κ1) is 10.8. The van der Waals surface area contributed by atoms with E-state index in [0.717, 1.165) is 26.3 Å². The fourth-order valence-corrected chi connectivity index (χ4v) is 1.25. The Hall–Kier alpha value is -0.290. The Morgan fingerprint density at radius 3 is 2.69 bits per heavy atom. The number of halogens is 3. The van der Waals surface area contributed by atoms with Gasteiger partial charge in [0.25, 0.3) is 0 Å². The van der Waals surface area contributed by atoms with Gasteiger partial charge in [0.15, 0.2) is 6.10 Å². The molecule has 0 aliphatic carbocycles. The lowest BCUT2D eigenvalue weighted by Gasteiger charge is -2.18. The van der Waals surface area contributed by atoms with Crippen molar-refractivity contribution < 1.29 is 17.9 Å². The van der Waals surface area contributed by atoms with Crippen molar-refractivity contribution in [3.63, 3.8) is 0 Å². The summed E-state index contributed by atoms with van der Waals surface area (Å²) in [4.78, 5) is 0. The van der Waals surface area contributed by atoms with Crippen molar-refractivity contribution in [2.75, 3.05) is 13.2 Å². The second-order valence-corrected chi connectivity index (χ2v) is 3.31. The van der Waals surface area contributed by atoms with Crippen molar-refractivity contribution in [2.24, 2.45) is 0 Å². The van der Waals surface area contributed by atoms with E-state index in [9.17, 15) is 13.2 Å². The number of ether oxygens (including phenoxy) is 1. The Labute approximate surface area is 75.4 Å². The summed E-state index contributed by atoms with van der Waals surface area (Å²) in [5.41, 5.74) is 0. The van der Waals surface area contributed by atoms with Gasteiger partial charge in [0, 0.05) is 6.04 Å². The highest BCUT2D eigenvalue weighted by molar-refractivity contribution is 4.74. The Kier molecular flexibility index (Phi) is 3.55. The number of nitrogens with one attached hydrogen (secondary N) is 1. The van der Waals surface area contributed by atoms with Crippen molar-refractivity contribution >= 4 is 0 Å². The van der Waals surface area contributed by atoms with Crippen LogP contribution < -0.4 is 5.32 Å². The van der Waals surface area contributed by atoms with Crippen molar-refractivity contribution in [2.45, 2.75) is 38.1 Å². The molecule has 1 aliphatic rings. The third-order valence-electron chi connectivity index (χ3n) is 2.17. The van der Waals surface area contributed by atoms with Gasteiger partial charge in [0.1, 0.15) is 0 Å². The van der Waals surface area contributed by atoms with Gasteiger partial charge in [-0.05, 0) is 26.3 Å². The first-order valence-corrected chi connectivity index (χ1v) is 4.42. The van der Waals surface area contributed by atoms with Gasteiger partial charge in [-0.1, -0.05) is 0 Å². The van der Waals surface area contributed by atoms with Crippen LogP contribution in [0.1, 0.15) is 19.8 Å². The van der Waals surface area contributed by atoms with E-state index in [2.05, 4.69) is 5.32 Å². The minimum absolute atomic E-state index is 0.102. The molecule has 0 aromatic carbocycles. The minimum atomic E-state index is -4.24. The van der Waals surface area contributed by atoms with Crippen LogP contribution in [-0.2, 0) is 4.74 Å². The highest BCUT2D eigenvalue weighted by atomic mass is 19.4. The molecule has 78 valence electrons. The molecule has 1 aliphatic heterocycles. The van der Waals surface area contributed by atoms with Crippen molar-refractivity contribution in [3.05, 3.63) is 0 Å². The molecular formula is C8H14F3NO. The average Bonchev–Trinajstić information content (AvgIpc) is 2.50. The fraction of sp³-hybridized carbons (Fsp3) is 1.00. The molecule has 5 heteroatoms. The summed E-state index contributed by atoms with van der Waals surface area (Å²) in [5, 5.41) is 3.07. The molecule has 1 N–H and O–H groups in total. The molecule has 1 unspecified atom stereocenters. The number of rotatable bonds is 3. The molecule has 0 saturated carbocycles. The molecule has 1 heterocycles. The monoisotopic (exact) mass is 197 g/mol. The van der Waals surface area contributed by atoms with Gasteiger partial charge in [-0.15, -0.1) is 0 Å². The first-order valence-electron chi connectivity index (χ1n) is 4.42. The van der Waals surface area contributed by atoms with Crippen LogP contribution in [0.15, 0.2) is 0 Å². The Morgan fingerprint density at radius 2 is 2.23 bits per heavy atom. The smallest absolute Gasteiger partial charge is 0.367 e. The highest BCUT2D eigenvalue weighted by Crippen LogP contribution is 2.22. The summed E-state index contributed by atoms with van der Waals surface area (Å²) in [6, 6.07) is 0.102. The van der Waals surface area contributed by atoms with Crippen LogP contribution in [0.5, 0.6) is 0 Å². The van der Waals surface area contributed by atoms with Crippen LogP contribution in [0, 0.1) is 0 Å². The molecule has 2 nitrogen and oxygen atoms in total. The SMILES string of the molecule is CC(OC[C@@H]1CCCN1)C(F)(F)F. The number of alkyl halides is 3. The lowest BCUT2D eigenvalue weighted by atomic mass is 10.2. The molecule has 0 aromatic rings. The Morgan fingerprint density at radius 1 is 1.54 bits per heavy atom. The van der Waals surface area contributed by atoms with Crippen LogP contribution in [0.4, 0.5) is 13.2 Å². The van der Waals surface area contributed by atoms with Gasteiger partial charge in [-0.2, -0.15) is 13.2 Å². The predicted molar refractivity (Wildman–Crippen MR) is 42.5 cm³/mol. The molecule has 0 spiro atoms. The molecule has 2 atom stereocenters. The second kappa shape index (κ2) is 4.28. The topological polar surface area (TPSA) is 21.3 Å². The van der Waals surface area contributed by atoms with Gasteiger partial charge < -0.3 is 10.1 Å². The number of hydrogen-bond acceptors (Lipinski definition) is 2. The predicted octanol–water partition coefficient (Wildman–Crippen LogP) is 1.71. The minimum Gasteiger partial charge on any atom is -0.367 e. The summed E-state index contributed by atoms with van der Waals surface area (Å²) < 4.78 is 40.6. The summed E-state index contributed by atoms with van der Waals surface area (Å²) in [6.07, 6.45) is -3.97. The number of hydrogen-bond donors (Lipinski definition) is 1. The van der Waals surface area contributed by atoms with Crippen LogP contribution in [0.25, 0.3) is 0 Å². The molecule has 0 amide bonds. The van der Waals surface area contributed by atoms with E-state index >= 15 is 0 Å². The summed E-state index contributed by atoms with van der Waals surface area (Å²) >= 11 is 0. The maximum absolute atomic E-state index is 12.0. The zero-order chi connectivity index (χ0) is 9.90. The van der Waals surface area contributed by atoms with Crippen molar-refractivity contribution in [1.82, 2.24) is 5.32 Å². The molecule has 1 fully saturated rings. The van der Waals surface area contributed by atoms with Gasteiger partial charge in [-0.3, -0.25) is 0 Å². The first-order chi connectivity index (χ1) is 6.00. The quantitative estimate of drug-likeness (QED) is 0.743. The summed E-state index contributed by atoms with van der Waals surface area (Å²) in [5.74, 6) is 0. The molecule has 1 saturated heterocycles. The second-order valence-electron chi connectivity index (χ2n) is 3.31. The van der Waals surface area contributed by atoms with Crippen LogP contribution in [0.3, 0.4) is 0 Å². The Bertz CT molecular complexity index is 154. The molecule has 1 rings (SSSR count). The highest BCUT2D eigenvalue weighted by Gasteiger charge is 2.37. The zero-order valence-corrected chi connectivity index (χ0v) is 7.53. The summed E-state index contributed by atoms with van der Waals surface area (Å²) in [6.45, 7) is 2.07. The van der Waals surface area contributed by atoms with Gasteiger partial charge >= 0.3 is 6.18 Å².